The molecule has 2 fully saturated rings. The first kappa shape index (κ1) is 18.9. The number of nitrogens with zero attached hydrogens (tertiary/aromatic N) is 1. The van der Waals surface area contributed by atoms with Crippen molar-refractivity contribution in [3.63, 3.8) is 0 Å². The van der Waals surface area contributed by atoms with Gasteiger partial charge in [-0.25, -0.2) is 0 Å². The van der Waals surface area contributed by atoms with E-state index in [2.05, 4.69) is 20.9 Å². The molecule has 2 aliphatic rings. The Hall–Kier alpha value is -1.92. The average Bonchev–Trinajstić information content (AvgIpc) is 3.21. The van der Waals surface area contributed by atoms with Crippen molar-refractivity contribution >= 4 is 17.5 Å². The zero-order valence-corrected chi connectivity index (χ0v) is 15.4. The van der Waals surface area contributed by atoms with E-state index in [4.69, 9.17) is 0 Å². The molecule has 0 radical (unpaired) electrons. The molecule has 1 aromatic carbocycles. The van der Waals surface area contributed by atoms with Crippen molar-refractivity contribution in [1.82, 2.24) is 15.5 Å². The third-order valence-corrected chi connectivity index (χ3v) is 5.26. The van der Waals surface area contributed by atoms with E-state index in [0.717, 1.165) is 64.1 Å². The number of nitrogens with one attached hydrogen (secondary N) is 3. The molecule has 0 aromatic heterocycles. The zero-order chi connectivity index (χ0) is 18.2. The summed E-state index contributed by atoms with van der Waals surface area (Å²) in [7, 11) is 0. The Morgan fingerprint density at radius 3 is 2.77 bits per heavy atom. The molecule has 0 aliphatic carbocycles. The number of benzene rings is 1. The minimum atomic E-state index is -0.00336. The highest BCUT2D eigenvalue weighted by Crippen LogP contribution is 2.16. The van der Waals surface area contributed by atoms with Gasteiger partial charge in [-0.3, -0.25) is 9.59 Å². The summed E-state index contributed by atoms with van der Waals surface area (Å²) in [6.45, 7) is 4.45. The van der Waals surface area contributed by atoms with Crippen molar-refractivity contribution in [3.8, 4) is 0 Å². The van der Waals surface area contributed by atoms with Crippen LogP contribution in [0, 0.1) is 5.92 Å². The summed E-state index contributed by atoms with van der Waals surface area (Å²) in [5.41, 5.74) is 0.845. The Labute approximate surface area is 155 Å². The van der Waals surface area contributed by atoms with Crippen LogP contribution in [0.1, 0.15) is 32.1 Å². The van der Waals surface area contributed by atoms with Gasteiger partial charge in [-0.2, -0.15) is 0 Å². The minimum Gasteiger partial charge on any atom is -0.354 e. The van der Waals surface area contributed by atoms with Gasteiger partial charge in [0.2, 0.25) is 11.8 Å². The molecule has 6 nitrogen and oxygen atoms in total. The topological polar surface area (TPSA) is 73.5 Å². The Balaban J connectivity index is 1.35. The Kier molecular flexibility index (Phi) is 7.03. The number of rotatable bonds is 7. The number of carbonyl (C=O) groups is 2. The van der Waals surface area contributed by atoms with E-state index in [-0.39, 0.29) is 17.9 Å². The lowest BCUT2D eigenvalue weighted by Gasteiger charge is -2.32. The first-order valence-corrected chi connectivity index (χ1v) is 9.79. The summed E-state index contributed by atoms with van der Waals surface area (Å²) in [6.07, 6.45) is 4.80. The summed E-state index contributed by atoms with van der Waals surface area (Å²) in [6, 6.07) is 9.57. The van der Waals surface area contributed by atoms with Gasteiger partial charge in [-0.1, -0.05) is 18.2 Å². The lowest BCUT2D eigenvalue weighted by atomic mass is 9.97. The number of amides is 2. The van der Waals surface area contributed by atoms with Crippen molar-refractivity contribution in [3.05, 3.63) is 30.3 Å². The summed E-state index contributed by atoms with van der Waals surface area (Å²) in [4.78, 5) is 26.6. The van der Waals surface area contributed by atoms with Crippen LogP contribution in [-0.2, 0) is 9.59 Å². The van der Waals surface area contributed by atoms with Crippen LogP contribution >= 0.6 is 0 Å². The maximum atomic E-state index is 12.1. The lowest BCUT2D eigenvalue weighted by Crippen LogP contribution is -2.45. The lowest BCUT2D eigenvalue weighted by molar-refractivity contribution is -0.123. The third kappa shape index (κ3) is 5.81. The zero-order valence-electron chi connectivity index (χ0n) is 15.4. The average molecular weight is 358 g/mol. The van der Waals surface area contributed by atoms with Crippen LogP contribution in [-0.4, -0.2) is 55.5 Å². The van der Waals surface area contributed by atoms with E-state index in [1.807, 2.05) is 30.3 Å². The van der Waals surface area contributed by atoms with E-state index in [9.17, 15) is 9.59 Å². The second-order valence-electron chi connectivity index (χ2n) is 7.37. The maximum absolute atomic E-state index is 12.1. The van der Waals surface area contributed by atoms with Gasteiger partial charge in [0, 0.05) is 31.7 Å². The molecule has 6 heteroatoms. The van der Waals surface area contributed by atoms with Crippen LogP contribution in [0.5, 0.6) is 0 Å². The highest BCUT2D eigenvalue weighted by Gasteiger charge is 2.24. The fourth-order valence-corrected chi connectivity index (χ4v) is 3.80. The molecule has 0 saturated carbocycles. The molecule has 26 heavy (non-hydrogen) atoms. The largest absolute Gasteiger partial charge is 0.354 e. The van der Waals surface area contributed by atoms with Crippen LogP contribution in [0.15, 0.2) is 30.3 Å². The van der Waals surface area contributed by atoms with Crippen LogP contribution < -0.4 is 16.0 Å². The molecule has 2 amide bonds. The fourth-order valence-electron chi connectivity index (χ4n) is 3.80. The molecule has 1 aromatic rings. The Morgan fingerprint density at radius 1 is 1.15 bits per heavy atom. The number of likely N-dealkylation sites (tertiary alicyclic amines) is 1. The van der Waals surface area contributed by atoms with Crippen LogP contribution in [0.2, 0.25) is 0 Å². The fraction of sp³-hybridized carbons (Fsp3) is 0.600. The van der Waals surface area contributed by atoms with Crippen molar-refractivity contribution in [2.24, 2.45) is 5.92 Å². The third-order valence-electron chi connectivity index (χ3n) is 5.26. The number of hydrogen-bond acceptors (Lipinski definition) is 4. The monoisotopic (exact) mass is 358 g/mol. The summed E-state index contributed by atoms with van der Waals surface area (Å²) in [5.74, 6) is 0.673. The highest BCUT2D eigenvalue weighted by atomic mass is 16.2. The van der Waals surface area contributed by atoms with Gasteiger partial charge < -0.3 is 20.9 Å². The predicted octanol–water partition coefficient (Wildman–Crippen LogP) is 1.60. The Bertz CT molecular complexity index is 587. The van der Waals surface area contributed by atoms with Gasteiger partial charge in [0.15, 0.2) is 0 Å². The molecular formula is C20H30N4O2. The SMILES string of the molecule is O=C(CCN1CCCC(CNC(=O)C2CCCN2)C1)Nc1ccccc1. The molecule has 0 bridgehead atoms. The van der Waals surface area contributed by atoms with E-state index >= 15 is 0 Å². The van der Waals surface area contributed by atoms with Crippen LogP contribution in [0.25, 0.3) is 0 Å². The van der Waals surface area contributed by atoms with Crippen molar-refractivity contribution in [2.75, 3.05) is 38.0 Å². The quantitative estimate of drug-likeness (QED) is 0.692. The summed E-state index contributed by atoms with van der Waals surface area (Å²) in [5, 5.41) is 9.28. The van der Waals surface area contributed by atoms with Crippen LogP contribution in [0.4, 0.5) is 5.69 Å². The van der Waals surface area contributed by atoms with Crippen molar-refractivity contribution in [2.45, 2.75) is 38.1 Å². The van der Waals surface area contributed by atoms with Gasteiger partial charge >= 0.3 is 0 Å². The van der Waals surface area contributed by atoms with E-state index in [0.29, 0.717) is 12.3 Å². The standard InChI is InChI=1S/C20H30N4O2/c25-19(23-17-7-2-1-3-8-17)10-13-24-12-5-6-16(15-24)14-22-20(26)18-9-4-11-21-18/h1-3,7-8,16,18,21H,4-6,9-15H2,(H,22,26)(H,23,25). The highest BCUT2D eigenvalue weighted by molar-refractivity contribution is 5.90. The second kappa shape index (κ2) is 9.69. The van der Waals surface area contributed by atoms with E-state index in [1.54, 1.807) is 0 Å². The number of piperidine rings is 1. The number of carbonyl (C=O) groups excluding carboxylic acids is 2. The van der Waals surface area contributed by atoms with Gasteiger partial charge in [0.1, 0.15) is 0 Å². The number of hydrogen-bond donors (Lipinski definition) is 3. The molecule has 3 rings (SSSR count). The van der Waals surface area contributed by atoms with E-state index < -0.39 is 0 Å². The van der Waals surface area contributed by atoms with Crippen LogP contribution in [0.3, 0.4) is 0 Å². The molecule has 2 saturated heterocycles. The normalized spacial score (nSPS) is 23.5. The molecular weight excluding hydrogens is 328 g/mol. The molecule has 3 N–H and O–H groups in total. The predicted molar refractivity (Wildman–Crippen MR) is 103 cm³/mol. The van der Waals surface area contributed by atoms with Crippen molar-refractivity contribution in [1.29, 1.82) is 0 Å². The first-order valence-electron chi connectivity index (χ1n) is 9.79. The van der Waals surface area contributed by atoms with Crippen molar-refractivity contribution < 1.29 is 9.59 Å². The summed E-state index contributed by atoms with van der Waals surface area (Å²) >= 11 is 0. The number of anilines is 1. The molecule has 0 spiro atoms. The summed E-state index contributed by atoms with van der Waals surface area (Å²) < 4.78 is 0. The first-order chi connectivity index (χ1) is 12.7. The smallest absolute Gasteiger partial charge is 0.237 e. The Morgan fingerprint density at radius 2 is 2.00 bits per heavy atom. The van der Waals surface area contributed by atoms with Gasteiger partial charge in [-0.15, -0.1) is 0 Å². The van der Waals surface area contributed by atoms with E-state index in [1.165, 1.54) is 0 Å². The molecule has 2 atom stereocenters. The second-order valence-corrected chi connectivity index (χ2v) is 7.37. The molecule has 2 heterocycles. The number of para-hydroxylation sites is 1. The maximum Gasteiger partial charge on any atom is 0.237 e. The molecule has 142 valence electrons. The van der Waals surface area contributed by atoms with Gasteiger partial charge in [0.05, 0.1) is 6.04 Å². The molecule has 2 aliphatic heterocycles. The molecule has 2 unspecified atom stereocenters. The minimum absolute atomic E-state index is 0.00336. The van der Waals surface area contributed by atoms with Gasteiger partial charge in [0.25, 0.3) is 0 Å². The van der Waals surface area contributed by atoms with Gasteiger partial charge in [-0.05, 0) is 56.8 Å².